The van der Waals surface area contributed by atoms with Crippen LogP contribution in [0.5, 0.6) is 0 Å². The van der Waals surface area contributed by atoms with Gasteiger partial charge in [-0.15, -0.1) is 0 Å². The highest BCUT2D eigenvalue weighted by Gasteiger charge is 2.40. The lowest BCUT2D eigenvalue weighted by atomic mass is 9.86. The van der Waals surface area contributed by atoms with Crippen LogP contribution in [0.2, 0.25) is 0 Å². The topological polar surface area (TPSA) is 53.0 Å². The predicted molar refractivity (Wildman–Crippen MR) is 89.1 cm³/mol. The summed E-state index contributed by atoms with van der Waals surface area (Å²) in [7, 11) is 3.80. The van der Waals surface area contributed by atoms with Gasteiger partial charge in [-0.25, -0.2) is 0 Å². The molecule has 3 atom stereocenters. The molecule has 23 heavy (non-hydrogen) atoms. The van der Waals surface area contributed by atoms with Gasteiger partial charge in [0.1, 0.15) is 0 Å². The quantitative estimate of drug-likeness (QED) is 0.854. The molecule has 2 aliphatic carbocycles. The number of amides is 1. The molecule has 0 spiro atoms. The molecule has 2 saturated carbocycles. The van der Waals surface area contributed by atoms with Crippen molar-refractivity contribution in [3.63, 3.8) is 0 Å². The number of hydrogen-bond donors (Lipinski definition) is 1. The Morgan fingerprint density at radius 3 is 2.52 bits per heavy atom. The van der Waals surface area contributed by atoms with Crippen LogP contribution in [0.15, 0.2) is 0 Å². The molecular formula is C18H32N2O3. The molecule has 0 bridgehead atoms. The average Bonchev–Trinajstić information content (AvgIpc) is 3.22. The molecule has 1 amide bonds. The van der Waals surface area contributed by atoms with E-state index in [-0.39, 0.29) is 12.0 Å². The van der Waals surface area contributed by atoms with E-state index in [2.05, 4.69) is 4.90 Å². The second-order valence-corrected chi connectivity index (χ2v) is 7.66. The number of ether oxygens (including phenoxy) is 1. The zero-order valence-electron chi connectivity index (χ0n) is 14.6. The number of aliphatic hydroxyl groups is 1. The molecule has 1 saturated heterocycles. The molecule has 0 radical (unpaired) electrons. The van der Waals surface area contributed by atoms with Crippen LogP contribution >= 0.6 is 0 Å². The zero-order valence-corrected chi connectivity index (χ0v) is 14.6. The molecule has 1 N–H and O–H groups in total. The third kappa shape index (κ3) is 3.72. The number of nitrogens with zero attached hydrogens (tertiary/aromatic N) is 2. The van der Waals surface area contributed by atoms with E-state index in [1.54, 1.807) is 7.11 Å². The smallest absolute Gasteiger partial charge is 0.225 e. The molecule has 3 aliphatic rings. The van der Waals surface area contributed by atoms with Gasteiger partial charge in [0.15, 0.2) is 0 Å². The first-order valence-electron chi connectivity index (χ1n) is 9.31. The maximum absolute atomic E-state index is 12.9. The van der Waals surface area contributed by atoms with Crippen LogP contribution in [-0.4, -0.2) is 72.4 Å². The molecule has 3 fully saturated rings. The Morgan fingerprint density at radius 1 is 1.13 bits per heavy atom. The summed E-state index contributed by atoms with van der Waals surface area (Å²) in [5.74, 6) is 0.422. The van der Waals surface area contributed by atoms with E-state index in [1.807, 2.05) is 11.9 Å². The number of likely N-dealkylation sites (tertiary alicyclic amines) is 1. The minimum Gasteiger partial charge on any atom is -0.393 e. The molecule has 0 aromatic rings. The highest BCUT2D eigenvalue weighted by Crippen LogP contribution is 2.33. The molecule has 1 unspecified atom stereocenters. The summed E-state index contributed by atoms with van der Waals surface area (Å²) in [5.41, 5.74) is 0. The normalized spacial score (nSPS) is 38.8. The maximum atomic E-state index is 12.9. The van der Waals surface area contributed by atoms with E-state index in [1.165, 1.54) is 12.8 Å². The lowest BCUT2D eigenvalue weighted by Gasteiger charge is -2.37. The fraction of sp³-hybridized carbons (Fsp3) is 0.944. The zero-order chi connectivity index (χ0) is 16.4. The van der Waals surface area contributed by atoms with E-state index in [0.717, 1.165) is 51.6 Å². The van der Waals surface area contributed by atoms with E-state index >= 15 is 0 Å². The van der Waals surface area contributed by atoms with Gasteiger partial charge in [0.25, 0.3) is 0 Å². The Labute approximate surface area is 140 Å². The van der Waals surface area contributed by atoms with Gasteiger partial charge in [-0.05, 0) is 51.4 Å². The van der Waals surface area contributed by atoms with E-state index in [9.17, 15) is 9.90 Å². The second-order valence-electron chi connectivity index (χ2n) is 7.66. The van der Waals surface area contributed by atoms with Gasteiger partial charge >= 0.3 is 0 Å². The van der Waals surface area contributed by atoms with Crippen molar-refractivity contribution < 1.29 is 14.6 Å². The summed E-state index contributed by atoms with van der Waals surface area (Å²) in [6.07, 6.45) is 8.05. The predicted octanol–water partition coefficient (Wildman–Crippen LogP) is 1.64. The summed E-state index contributed by atoms with van der Waals surface area (Å²) < 4.78 is 5.50. The van der Waals surface area contributed by atoms with Crippen LogP contribution in [0.3, 0.4) is 0 Å². The molecule has 0 aromatic heterocycles. The van der Waals surface area contributed by atoms with E-state index in [0.29, 0.717) is 24.1 Å². The van der Waals surface area contributed by atoms with Crippen molar-refractivity contribution in [1.29, 1.82) is 0 Å². The number of methoxy groups -OCH3 is 1. The van der Waals surface area contributed by atoms with Crippen LogP contribution in [0.1, 0.15) is 51.4 Å². The Balaban J connectivity index is 1.59. The van der Waals surface area contributed by atoms with Crippen molar-refractivity contribution in [1.82, 2.24) is 9.80 Å². The molecule has 5 nitrogen and oxygen atoms in total. The summed E-state index contributed by atoms with van der Waals surface area (Å²) in [6, 6.07) is 0.850. The number of carbonyl (C=O) groups is 1. The van der Waals surface area contributed by atoms with Gasteiger partial charge in [0.2, 0.25) is 5.91 Å². The summed E-state index contributed by atoms with van der Waals surface area (Å²) >= 11 is 0. The second kappa shape index (κ2) is 7.49. The fourth-order valence-corrected chi connectivity index (χ4v) is 4.82. The fourth-order valence-electron chi connectivity index (χ4n) is 4.82. The van der Waals surface area contributed by atoms with Crippen molar-refractivity contribution in [3.05, 3.63) is 0 Å². The SMILES string of the molecule is COC1CCN([C@H]2CCC[C@H]2N(C)C(=O)C2CCC(O)CC2)C1. The van der Waals surface area contributed by atoms with Crippen LogP contribution in [-0.2, 0) is 9.53 Å². The average molecular weight is 324 g/mol. The lowest BCUT2D eigenvalue weighted by Crippen LogP contribution is -2.50. The number of likely N-dealkylation sites (N-methyl/N-ethyl adjacent to an activating group) is 1. The molecule has 1 heterocycles. The molecule has 3 rings (SSSR count). The highest BCUT2D eigenvalue weighted by molar-refractivity contribution is 5.79. The van der Waals surface area contributed by atoms with Crippen molar-refractivity contribution in [2.45, 2.75) is 75.7 Å². The van der Waals surface area contributed by atoms with Crippen LogP contribution in [0.4, 0.5) is 0 Å². The first kappa shape index (κ1) is 17.2. The Bertz CT molecular complexity index is 409. The number of hydrogen-bond acceptors (Lipinski definition) is 4. The van der Waals surface area contributed by atoms with Crippen molar-refractivity contribution in [2.75, 3.05) is 27.2 Å². The Morgan fingerprint density at radius 2 is 1.87 bits per heavy atom. The van der Waals surface area contributed by atoms with Crippen LogP contribution < -0.4 is 0 Å². The Kier molecular flexibility index (Phi) is 5.60. The standard InChI is InChI=1S/C18H32N2O3/c1-19(18(22)13-6-8-14(21)9-7-13)16-4-3-5-17(16)20-11-10-15(12-20)23-2/h13-17,21H,3-12H2,1-2H3/t13?,14?,15?,16-,17+/m1/s1. The molecule has 132 valence electrons. The summed E-state index contributed by atoms with van der Waals surface area (Å²) in [5, 5.41) is 9.65. The van der Waals surface area contributed by atoms with Gasteiger partial charge in [0.05, 0.1) is 12.2 Å². The Hall–Kier alpha value is -0.650. The third-order valence-corrected chi connectivity index (χ3v) is 6.31. The minimum atomic E-state index is -0.195. The highest BCUT2D eigenvalue weighted by atomic mass is 16.5. The van der Waals surface area contributed by atoms with E-state index in [4.69, 9.17) is 4.74 Å². The van der Waals surface area contributed by atoms with Gasteiger partial charge in [0, 0.05) is 45.2 Å². The van der Waals surface area contributed by atoms with E-state index < -0.39 is 0 Å². The minimum absolute atomic E-state index is 0.120. The lowest BCUT2D eigenvalue weighted by molar-refractivity contribution is -0.139. The van der Waals surface area contributed by atoms with Crippen molar-refractivity contribution in [3.8, 4) is 0 Å². The first-order valence-corrected chi connectivity index (χ1v) is 9.31. The van der Waals surface area contributed by atoms with Gasteiger partial charge < -0.3 is 14.7 Å². The van der Waals surface area contributed by atoms with Crippen molar-refractivity contribution in [2.24, 2.45) is 5.92 Å². The maximum Gasteiger partial charge on any atom is 0.225 e. The molecule has 0 aromatic carbocycles. The van der Waals surface area contributed by atoms with Crippen LogP contribution in [0, 0.1) is 5.92 Å². The number of rotatable bonds is 4. The number of aliphatic hydroxyl groups excluding tert-OH is 1. The van der Waals surface area contributed by atoms with Crippen molar-refractivity contribution >= 4 is 5.91 Å². The molecule has 5 heteroatoms. The molecular weight excluding hydrogens is 292 g/mol. The summed E-state index contributed by atoms with van der Waals surface area (Å²) in [4.78, 5) is 17.5. The van der Waals surface area contributed by atoms with Gasteiger partial charge in [-0.3, -0.25) is 9.69 Å². The monoisotopic (exact) mass is 324 g/mol. The summed E-state index contributed by atoms with van der Waals surface area (Å²) in [6.45, 7) is 2.10. The third-order valence-electron chi connectivity index (χ3n) is 6.31. The first-order chi connectivity index (χ1) is 11.1. The van der Waals surface area contributed by atoms with Gasteiger partial charge in [-0.1, -0.05) is 0 Å². The van der Waals surface area contributed by atoms with Gasteiger partial charge in [-0.2, -0.15) is 0 Å². The van der Waals surface area contributed by atoms with Crippen LogP contribution in [0.25, 0.3) is 0 Å². The largest absolute Gasteiger partial charge is 0.393 e. The molecule has 1 aliphatic heterocycles. The number of carbonyl (C=O) groups excluding carboxylic acids is 1.